The fourth-order valence-corrected chi connectivity index (χ4v) is 1.30. The third-order valence-electron chi connectivity index (χ3n) is 2.04. The Bertz CT molecular complexity index is 155. The minimum absolute atomic E-state index is 0.00153. The van der Waals surface area contributed by atoms with Crippen LogP contribution in [0.15, 0.2) is 0 Å². The number of hydrogen-bond acceptors (Lipinski definition) is 3. The predicted molar refractivity (Wildman–Crippen MR) is 45.7 cm³/mol. The second-order valence-corrected chi connectivity index (χ2v) is 3.24. The lowest BCUT2D eigenvalue weighted by atomic mass is 10.2. The summed E-state index contributed by atoms with van der Waals surface area (Å²) >= 11 is 0. The Kier molecular flexibility index (Phi) is 3.49. The van der Waals surface area contributed by atoms with Gasteiger partial charge >= 0.3 is 0 Å². The van der Waals surface area contributed by atoms with Gasteiger partial charge in [0.05, 0.1) is 12.6 Å². The highest BCUT2D eigenvalue weighted by atomic mass is 16.3. The number of nitrogens with one attached hydrogen (secondary N) is 2. The third-order valence-corrected chi connectivity index (χ3v) is 2.04. The molecule has 0 unspecified atom stereocenters. The van der Waals surface area contributed by atoms with Crippen LogP contribution in [0.3, 0.4) is 0 Å². The SMILES string of the molecule is C[C@H](CO)NC(=O)[C@@H]1CCCN1. The largest absolute Gasteiger partial charge is 0.394 e. The molecule has 3 N–H and O–H groups in total. The van der Waals surface area contributed by atoms with E-state index in [0.717, 1.165) is 19.4 Å². The molecule has 1 saturated heterocycles. The predicted octanol–water partition coefficient (Wildman–Crippen LogP) is -0.765. The Morgan fingerprint density at radius 1 is 1.83 bits per heavy atom. The standard InChI is InChI=1S/C8H16N2O2/c1-6(5-11)10-8(12)7-3-2-4-9-7/h6-7,9,11H,2-5H2,1H3,(H,10,12)/t6-,7+/m1/s1. The molecule has 4 heteroatoms. The fraction of sp³-hybridized carbons (Fsp3) is 0.875. The van der Waals surface area contributed by atoms with Gasteiger partial charge in [-0.25, -0.2) is 0 Å². The first-order chi connectivity index (χ1) is 5.74. The molecule has 12 heavy (non-hydrogen) atoms. The molecule has 0 aromatic rings. The highest BCUT2D eigenvalue weighted by Gasteiger charge is 2.22. The summed E-state index contributed by atoms with van der Waals surface area (Å²) in [4.78, 5) is 11.3. The number of amides is 1. The van der Waals surface area contributed by atoms with E-state index in [1.807, 2.05) is 0 Å². The topological polar surface area (TPSA) is 61.4 Å². The summed E-state index contributed by atoms with van der Waals surface area (Å²) < 4.78 is 0. The fourth-order valence-electron chi connectivity index (χ4n) is 1.30. The number of aliphatic hydroxyl groups is 1. The molecule has 1 amide bonds. The number of rotatable bonds is 3. The average Bonchev–Trinajstić information content (AvgIpc) is 2.56. The number of aliphatic hydroxyl groups excluding tert-OH is 1. The van der Waals surface area contributed by atoms with Crippen LogP contribution in [0.5, 0.6) is 0 Å². The van der Waals surface area contributed by atoms with Crippen molar-refractivity contribution in [1.82, 2.24) is 10.6 Å². The van der Waals surface area contributed by atoms with Gasteiger partial charge in [-0.2, -0.15) is 0 Å². The van der Waals surface area contributed by atoms with Gasteiger partial charge in [0, 0.05) is 6.04 Å². The van der Waals surface area contributed by atoms with Crippen LogP contribution in [0.4, 0.5) is 0 Å². The molecule has 1 aliphatic rings. The summed E-state index contributed by atoms with van der Waals surface area (Å²) in [6.07, 6.45) is 1.97. The second-order valence-electron chi connectivity index (χ2n) is 3.24. The molecule has 0 spiro atoms. The van der Waals surface area contributed by atoms with Crippen LogP contribution in [-0.4, -0.2) is 36.2 Å². The van der Waals surface area contributed by atoms with Gasteiger partial charge in [-0.15, -0.1) is 0 Å². The molecule has 0 bridgehead atoms. The number of hydrogen-bond donors (Lipinski definition) is 3. The number of carbonyl (C=O) groups excluding carboxylic acids is 1. The van der Waals surface area contributed by atoms with Crippen LogP contribution in [0.2, 0.25) is 0 Å². The molecular formula is C8H16N2O2. The van der Waals surface area contributed by atoms with E-state index in [9.17, 15) is 4.79 Å². The molecule has 2 atom stereocenters. The summed E-state index contributed by atoms with van der Waals surface area (Å²) in [7, 11) is 0. The molecule has 1 aliphatic heterocycles. The first kappa shape index (κ1) is 9.48. The zero-order chi connectivity index (χ0) is 8.97. The van der Waals surface area contributed by atoms with E-state index in [4.69, 9.17) is 5.11 Å². The van der Waals surface area contributed by atoms with E-state index in [1.165, 1.54) is 0 Å². The molecule has 0 aromatic carbocycles. The van der Waals surface area contributed by atoms with Gasteiger partial charge in [-0.3, -0.25) is 4.79 Å². The summed E-state index contributed by atoms with van der Waals surface area (Å²) in [6, 6.07) is -0.182. The van der Waals surface area contributed by atoms with Crippen LogP contribution in [-0.2, 0) is 4.79 Å². The van der Waals surface area contributed by atoms with Crippen LogP contribution in [0.1, 0.15) is 19.8 Å². The van der Waals surface area contributed by atoms with Gasteiger partial charge in [0.1, 0.15) is 0 Å². The molecule has 70 valence electrons. The second kappa shape index (κ2) is 4.42. The number of carbonyl (C=O) groups is 1. The van der Waals surface area contributed by atoms with Crippen LogP contribution in [0.25, 0.3) is 0 Å². The van der Waals surface area contributed by atoms with E-state index in [1.54, 1.807) is 6.92 Å². The van der Waals surface area contributed by atoms with Gasteiger partial charge in [0.25, 0.3) is 0 Å². The summed E-state index contributed by atoms with van der Waals surface area (Å²) in [6.45, 7) is 2.71. The van der Waals surface area contributed by atoms with Gasteiger partial charge in [0.2, 0.25) is 5.91 Å². The van der Waals surface area contributed by atoms with Gasteiger partial charge in [-0.1, -0.05) is 0 Å². The molecular weight excluding hydrogens is 156 g/mol. The lowest BCUT2D eigenvalue weighted by Gasteiger charge is -2.14. The molecule has 4 nitrogen and oxygen atoms in total. The molecule has 1 rings (SSSR count). The van der Waals surface area contributed by atoms with Crippen LogP contribution in [0, 0.1) is 0 Å². The van der Waals surface area contributed by atoms with Crippen molar-refractivity contribution in [2.24, 2.45) is 0 Å². The summed E-state index contributed by atoms with van der Waals surface area (Å²) in [5.74, 6) is 0.00838. The maximum Gasteiger partial charge on any atom is 0.237 e. The van der Waals surface area contributed by atoms with Crippen molar-refractivity contribution < 1.29 is 9.90 Å². The van der Waals surface area contributed by atoms with E-state index in [2.05, 4.69) is 10.6 Å². The lowest BCUT2D eigenvalue weighted by Crippen LogP contribution is -2.45. The van der Waals surface area contributed by atoms with Crippen molar-refractivity contribution in [3.8, 4) is 0 Å². The Hall–Kier alpha value is -0.610. The van der Waals surface area contributed by atoms with Crippen molar-refractivity contribution in [2.75, 3.05) is 13.2 Å². The molecule has 0 saturated carbocycles. The van der Waals surface area contributed by atoms with E-state index < -0.39 is 0 Å². The van der Waals surface area contributed by atoms with Crippen molar-refractivity contribution >= 4 is 5.91 Å². The van der Waals surface area contributed by atoms with Gasteiger partial charge < -0.3 is 15.7 Å². The third kappa shape index (κ3) is 2.46. The zero-order valence-electron chi connectivity index (χ0n) is 7.34. The lowest BCUT2D eigenvalue weighted by molar-refractivity contribution is -0.123. The van der Waals surface area contributed by atoms with Crippen LogP contribution >= 0.6 is 0 Å². The maximum atomic E-state index is 11.3. The van der Waals surface area contributed by atoms with E-state index in [0.29, 0.717) is 0 Å². The minimum atomic E-state index is -0.139. The average molecular weight is 172 g/mol. The van der Waals surface area contributed by atoms with Gasteiger partial charge in [0.15, 0.2) is 0 Å². The van der Waals surface area contributed by atoms with Crippen molar-refractivity contribution in [3.63, 3.8) is 0 Å². The van der Waals surface area contributed by atoms with Crippen molar-refractivity contribution in [2.45, 2.75) is 31.8 Å². The van der Waals surface area contributed by atoms with E-state index >= 15 is 0 Å². The molecule has 1 fully saturated rings. The first-order valence-corrected chi connectivity index (χ1v) is 4.38. The van der Waals surface area contributed by atoms with Gasteiger partial charge in [-0.05, 0) is 26.3 Å². The summed E-state index contributed by atoms with van der Waals surface area (Å²) in [5.41, 5.74) is 0. The molecule has 0 radical (unpaired) electrons. The van der Waals surface area contributed by atoms with Crippen molar-refractivity contribution in [1.29, 1.82) is 0 Å². The Morgan fingerprint density at radius 3 is 3.08 bits per heavy atom. The summed E-state index contributed by atoms with van der Waals surface area (Å²) in [5, 5.41) is 14.5. The Morgan fingerprint density at radius 2 is 2.58 bits per heavy atom. The smallest absolute Gasteiger partial charge is 0.237 e. The normalized spacial score (nSPS) is 25.3. The monoisotopic (exact) mass is 172 g/mol. The quantitative estimate of drug-likeness (QED) is 0.524. The van der Waals surface area contributed by atoms with Crippen molar-refractivity contribution in [3.05, 3.63) is 0 Å². The van der Waals surface area contributed by atoms with E-state index in [-0.39, 0.29) is 24.6 Å². The molecule has 0 aromatic heterocycles. The van der Waals surface area contributed by atoms with Crippen LogP contribution < -0.4 is 10.6 Å². The maximum absolute atomic E-state index is 11.3. The minimum Gasteiger partial charge on any atom is -0.394 e. The molecule has 0 aliphatic carbocycles. The highest BCUT2D eigenvalue weighted by Crippen LogP contribution is 2.04. The Balaban J connectivity index is 2.27. The Labute approximate surface area is 72.3 Å². The zero-order valence-corrected chi connectivity index (χ0v) is 7.34. The first-order valence-electron chi connectivity index (χ1n) is 4.38. The highest BCUT2D eigenvalue weighted by molar-refractivity contribution is 5.82. The molecule has 1 heterocycles.